The first-order chi connectivity index (χ1) is 12.9. The van der Waals surface area contributed by atoms with E-state index in [0.29, 0.717) is 24.5 Å². The molecule has 0 aromatic heterocycles. The van der Waals surface area contributed by atoms with Gasteiger partial charge in [0.2, 0.25) is 10.0 Å². The number of hydrogen-bond donors (Lipinski definition) is 1. The molecule has 0 saturated heterocycles. The van der Waals surface area contributed by atoms with Crippen LogP contribution in [0.15, 0.2) is 48.6 Å². The van der Waals surface area contributed by atoms with Gasteiger partial charge in [-0.05, 0) is 29.8 Å². The standard InChI is InChI=1S/C20H23NO5S/c1-24-12-5-4-7-17-16-13-14(21-27(3,22)23)10-11-15(16)20-18(25-2)8-6-9-19(20)26-17/h4-6,8-11,13,17,21H,7,12H2,1-3H3/b5-4+. The van der Waals surface area contributed by atoms with Gasteiger partial charge in [0.1, 0.15) is 17.6 Å². The zero-order chi connectivity index (χ0) is 19.4. The van der Waals surface area contributed by atoms with Gasteiger partial charge in [-0.3, -0.25) is 4.72 Å². The Labute approximate surface area is 159 Å². The van der Waals surface area contributed by atoms with Crippen LogP contribution in [0, 0.1) is 0 Å². The van der Waals surface area contributed by atoms with Crippen LogP contribution in [-0.4, -0.2) is 35.5 Å². The second-order valence-corrected chi connectivity index (χ2v) is 8.03. The van der Waals surface area contributed by atoms with Crippen LogP contribution in [0.1, 0.15) is 18.1 Å². The molecule has 0 radical (unpaired) electrons. The molecule has 1 aliphatic rings. The first-order valence-corrected chi connectivity index (χ1v) is 10.4. The lowest BCUT2D eigenvalue weighted by molar-refractivity contribution is 0.203. The van der Waals surface area contributed by atoms with E-state index in [1.54, 1.807) is 20.3 Å². The summed E-state index contributed by atoms with van der Waals surface area (Å²) < 4.78 is 42.5. The SMILES string of the molecule is COC/C=C/CC1Oc2cccc(OC)c2-c2ccc(NS(C)(=O)=O)cc21. The Morgan fingerprint density at radius 2 is 2.00 bits per heavy atom. The van der Waals surface area contributed by atoms with E-state index in [1.165, 1.54) is 0 Å². The minimum atomic E-state index is -3.36. The fourth-order valence-electron chi connectivity index (χ4n) is 3.16. The maximum Gasteiger partial charge on any atom is 0.229 e. The van der Waals surface area contributed by atoms with Crippen LogP contribution in [0.2, 0.25) is 0 Å². The zero-order valence-electron chi connectivity index (χ0n) is 15.6. The first kappa shape index (κ1) is 19.3. The van der Waals surface area contributed by atoms with Crippen LogP contribution >= 0.6 is 0 Å². The summed E-state index contributed by atoms with van der Waals surface area (Å²) in [4.78, 5) is 0. The molecule has 6 nitrogen and oxygen atoms in total. The molecule has 144 valence electrons. The number of sulfonamides is 1. The molecule has 1 unspecified atom stereocenters. The van der Waals surface area contributed by atoms with Gasteiger partial charge in [0, 0.05) is 24.8 Å². The smallest absolute Gasteiger partial charge is 0.229 e. The summed E-state index contributed by atoms with van der Waals surface area (Å²) in [5.41, 5.74) is 3.25. The van der Waals surface area contributed by atoms with E-state index in [9.17, 15) is 8.42 Å². The number of fused-ring (bicyclic) bond motifs is 3. The van der Waals surface area contributed by atoms with E-state index in [1.807, 2.05) is 42.5 Å². The Balaban J connectivity index is 2.06. The zero-order valence-corrected chi connectivity index (χ0v) is 16.4. The van der Waals surface area contributed by atoms with E-state index < -0.39 is 10.0 Å². The van der Waals surface area contributed by atoms with Gasteiger partial charge in [-0.1, -0.05) is 24.3 Å². The van der Waals surface area contributed by atoms with Crippen molar-refractivity contribution in [2.24, 2.45) is 0 Å². The van der Waals surface area contributed by atoms with Crippen molar-refractivity contribution in [2.75, 3.05) is 31.8 Å². The second-order valence-electron chi connectivity index (χ2n) is 6.28. The van der Waals surface area contributed by atoms with E-state index in [0.717, 1.165) is 28.7 Å². The Morgan fingerprint density at radius 3 is 2.70 bits per heavy atom. The molecule has 27 heavy (non-hydrogen) atoms. The van der Waals surface area contributed by atoms with Crippen LogP contribution in [-0.2, 0) is 14.8 Å². The van der Waals surface area contributed by atoms with Crippen molar-refractivity contribution in [3.05, 3.63) is 54.1 Å². The van der Waals surface area contributed by atoms with Gasteiger partial charge < -0.3 is 14.2 Å². The summed E-state index contributed by atoms with van der Waals surface area (Å²) in [6, 6.07) is 11.2. The lowest BCUT2D eigenvalue weighted by Gasteiger charge is -2.29. The van der Waals surface area contributed by atoms with E-state index >= 15 is 0 Å². The fourth-order valence-corrected chi connectivity index (χ4v) is 3.71. The second kappa shape index (κ2) is 8.02. The van der Waals surface area contributed by atoms with Crippen LogP contribution in [0.4, 0.5) is 5.69 Å². The van der Waals surface area contributed by atoms with Gasteiger partial charge in [0.15, 0.2) is 0 Å². The third kappa shape index (κ3) is 4.43. The molecule has 0 bridgehead atoms. The lowest BCUT2D eigenvalue weighted by Crippen LogP contribution is -2.16. The molecular weight excluding hydrogens is 366 g/mol. The summed E-state index contributed by atoms with van der Waals surface area (Å²) in [5, 5.41) is 0. The van der Waals surface area contributed by atoms with Crippen LogP contribution in [0.25, 0.3) is 11.1 Å². The Morgan fingerprint density at radius 1 is 1.19 bits per heavy atom. The van der Waals surface area contributed by atoms with Gasteiger partial charge in [-0.2, -0.15) is 0 Å². The molecule has 1 aliphatic heterocycles. The van der Waals surface area contributed by atoms with Gasteiger partial charge in [-0.15, -0.1) is 0 Å². The van der Waals surface area contributed by atoms with E-state index in [2.05, 4.69) is 4.72 Å². The third-order valence-electron chi connectivity index (χ3n) is 4.23. The predicted molar refractivity (Wildman–Crippen MR) is 106 cm³/mol. The summed E-state index contributed by atoms with van der Waals surface area (Å²) in [5.74, 6) is 1.46. The average Bonchev–Trinajstić information content (AvgIpc) is 2.63. The van der Waals surface area contributed by atoms with E-state index in [4.69, 9.17) is 14.2 Å². The number of methoxy groups -OCH3 is 2. The Kier molecular flexibility index (Phi) is 5.72. The highest BCUT2D eigenvalue weighted by molar-refractivity contribution is 7.92. The normalized spacial score (nSPS) is 15.7. The molecule has 0 saturated carbocycles. The number of hydrogen-bond acceptors (Lipinski definition) is 5. The van der Waals surface area contributed by atoms with Crippen LogP contribution in [0.3, 0.4) is 0 Å². The molecule has 0 aliphatic carbocycles. The molecule has 0 amide bonds. The van der Waals surface area contributed by atoms with Crippen molar-refractivity contribution < 1.29 is 22.6 Å². The molecular formula is C20H23NO5S. The van der Waals surface area contributed by atoms with Crippen molar-refractivity contribution in [2.45, 2.75) is 12.5 Å². The number of anilines is 1. The number of nitrogens with one attached hydrogen (secondary N) is 1. The molecule has 1 atom stereocenters. The number of rotatable bonds is 7. The molecule has 0 spiro atoms. The van der Waals surface area contributed by atoms with Crippen molar-refractivity contribution >= 4 is 15.7 Å². The van der Waals surface area contributed by atoms with Crippen LogP contribution in [0.5, 0.6) is 11.5 Å². The topological polar surface area (TPSA) is 73.9 Å². The number of benzene rings is 2. The molecule has 2 aromatic carbocycles. The lowest BCUT2D eigenvalue weighted by atomic mass is 9.90. The predicted octanol–water partition coefficient (Wildman–Crippen LogP) is 3.76. The van der Waals surface area contributed by atoms with Crippen molar-refractivity contribution in [3.63, 3.8) is 0 Å². The third-order valence-corrected chi connectivity index (χ3v) is 4.83. The Bertz CT molecular complexity index is 953. The number of ether oxygens (including phenoxy) is 3. The van der Waals surface area contributed by atoms with Gasteiger partial charge in [0.05, 0.1) is 25.5 Å². The van der Waals surface area contributed by atoms with Gasteiger partial charge in [-0.25, -0.2) is 8.42 Å². The summed E-state index contributed by atoms with van der Waals surface area (Å²) in [7, 11) is -0.104. The molecule has 2 aromatic rings. The maximum atomic E-state index is 11.6. The van der Waals surface area contributed by atoms with Crippen molar-refractivity contribution in [3.8, 4) is 22.6 Å². The van der Waals surface area contributed by atoms with E-state index in [-0.39, 0.29) is 6.10 Å². The van der Waals surface area contributed by atoms with Gasteiger partial charge >= 0.3 is 0 Å². The highest BCUT2D eigenvalue weighted by Crippen LogP contribution is 2.48. The maximum absolute atomic E-state index is 11.6. The van der Waals surface area contributed by atoms with Gasteiger partial charge in [0.25, 0.3) is 0 Å². The molecule has 1 heterocycles. The fraction of sp³-hybridized carbons (Fsp3) is 0.300. The minimum Gasteiger partial charge on any atom is -0.496 e. The quantitative estimate of drug-likeness (QED) is 0.730. The summed E-state index contributed by atoms with van der Waals surface area (Å²) in [6.07, 6.45) is 5.46. The summed E-state index contributed by atoms with van der Waals surface area (Å²) in [6.45, 7) is 0.527. The van der Waals surface area contributed by atoms with Crippen molar-refractivity contribution in [1.82, 2.24) is 0 Å². The largest absolute Gasteiger partial charge is 0.496 e. The van der Waals surface area contributed by atoms with Crippen LogP contribution < -0.4 is 14.2 Å². The Hall–Kier alpha value is -2.51. The average molecular weight is 389 g/mol. The first-order valence-electron chi connectivity index (χ1n) is 8.52. The minimum absolute atomic E-state index is 0.242. The molecule has 1 N–H and O–H groups in total. The molecule has 3 rings (SSSR count). The highest BCUT2D eigenvalue weighted by Gasteiger charge is 2.28. The highest BCUT2D eigenvalue weighted by atomic mass is 32.2. The molecule has 7 heteroatoms. The monoisotopic (exact) mass is 389 g/mol. The summed E-state index contributed by atoms with van der Waals surface area (Å²) >= 11 is 0. The molecule has 0 fully saturated rings. The van der Waals surface area contributed by atoms with Crippen molar-refractivity contribution in [1.29, 1.82) is 0 Å².